The van der Waals surface area contributed by atoms with Gasteiger partial charge in [-0.15, -0.1) is 0 Å². The lowest BCUT2D eigenvalue weighted by Crippen LogP contribution is -2.15. The van der Waals surface area contributed by atoms with Gasteiger partial charge in [0.15, 0.2) is 5.65 Å². The molecule has 11 heteroatoms. The number of hydrogen-bond donors (Lipinski definition) is 1. The first-order valence-corrected chi connectivity index (χ1v) is 10.7. The second-order valence-electron chi connectivity index (χ2n) is 6.73. The molecule has 0 radical (unpaired) electrons. The number of anilines is 1. The van der Waals surface area contributed by atoms with Crippen LogP contribution in [0.1, 0.15) is 11.1 Å². The molecule has 32 heavy (non-hydrogen) atoms. The van der Waals surface area contributed by atoms with Crippen LogP contribution in [0.4, 0.5) is 18.9 Å². The molecular formula is C21H15ClF3N5OS. The Bertz CT molecular complexity index is 1260. The van der Waals surface area contributed by atoms with Crippen LogP contribution in [0.15, 0.2) is 66.1 Å². The van der Waals surface area contributed by atoms with Gasteiger partial charge in [-0.25, -0.2) is 14.6 Å². The van der Waals surface area contributed by atoms with Crippen LogP contribution < -0.4 is 5.32 Å². The predicted octanol–water partition coefficient (Wildman–Crippen LogP) is 5.28. The van der Waals surface area contributed by atoms with Gasteiger partial charge in [-0.1, -0.05) is 53.7 Å². The van der Waals surface area contributed by atoms with E-state index in [1.165, 1.54) is 12.4 Å². The van der Waals surface area contributed by atoms with E-state index in [0.29, 0.717) is 22.6 Å². The molecule has 4 aromatic rings. The van der Waals surface area contributed by atoms with Gasteiger partial charge < -0.3 is 5.32 Å². The first-order chi connectivity index (χ1) is 15.3. The highest BCUT2D eigenvalue weighted by atomic mass is 35.5. The number of thioether (sulfide) groups is 1. The third-order valence-electron chi connectivity index (χ3n) is 4.47. The number of alkyl halides is 3. The molecule has 0 saturated carbocycles. The minimum absolute atomic E-state index is 0.0100. The Morgan fingerprint density at radius 1 is 1.12 bits per heavy atom. The van der Waals surface area contributed by atoms with E-state index in [2.05, 4.69) is 20.4 Å². The van der Waals surface area contributed by atoms with E-state index in [0.717, 1.165) is 29.5 Å². The third kappa shape index (κ3) is 5.03. The standard InChI is InChI=1S/C21H15ClF3N5OS/c22-17-7-6-14(8-16(17)21(23,24)25)29-18(31)11-32-20-15-9-28-30(19(15)26-12-27-20)10-13-4-2-1-3-5-13/h1-9,12H,10-11H2,(H,29,31). The normalized spacial score (nSPS) is 11.6. The van der Waals surface area contributed by atoms with Crippen LogP contribution in [0, 0.1) is 0 Å². The van der Waals surface area contributed by atoms with Crippen molar-refractivity contribution in [3.05, 3.63) is 77.2 Å². The largest absolute Gasteiger partial charge is 0.417 e. The van der Waals surface area contributed by atoms with E-state index in [1.54, 1.807) is 10.9 Å². The van der Waals surface area contributed by atoms with Crippen molar-refractivity contribution < 1.29 is 18.0 Å². The predicted molar refractivity (Wildman–Crippen MR) is 117 cm³/mol. The van der Waals surface area contributed by atoms with E-state index < -0.39 is 22.7 Å². The molecule has 6 nitrogen and oxygen atoms in total. The van der Waals surface area contributed by atoms with Crippen molar-refractivity contribution in [3.63, 3.8) is 0 Å². The molecule has 0 aliphatic rings. The molecule has 0 saturated heterocycles. The molecule has 0 aliphatic carbocycles. The van der Waals surface area contributed by atoms with Crippen molar-refractivity contribution in [2.24, 2.45) is 0 Å². The van der Waals surface area contributed by atoms with Crippen molar-refractivity contribution in [1.82, 2.24) is 19.7 Å². The molecule has 0 aliphatic heterocycles. The highest BCUT2D eigenvalue weighted by Crippen LogP contribution is 2.36. The fourth-order valence-electron chi connectivity index (χ4n) is 3.01. The molecule has 164 valence electrons. The zero-order valence-electron chi connectivity index (χ0n) is 16.3. The maximum Gasteiger partial charge on any atom is 0.417 e. The third-order valence-corrected chi connectivity index (χ3v) is 5.80. The fraction of sp³-hybridized carbons (Fsp3) is 0.143. The monoisotopic (exact) mass is 477 g/mol. The Morgan fingerprint density at radius 3 is 2.66 bits per heavy atom. The highest BCUT2D eigenvalue weighted by Gasteiger charge is 2.33. The molecule has 0 fully saturated rings. The van der Waals surface area contributed by atoms with Crippen molar-refractivity contribution in [2.45, 2.75) is 17.7 Å². The molecule has 2 aromatic carbocycles. The van der Waals surface area contributed by atoms with Crippen molar-refractivity contribution in [3.8, 4) is 0 Å². The number of hydrogen-bond acceptors (Lipinski definition) is 5. The number of nitrogens with zero attached hydrogens (tertiary/aromatic N) is 4. The van der Waals surface area contributed by atoms with E-state index in [1.807, 2.05) is 30.3 Å². The van der Waals surface area contributed by atoms with Gasteiger partial charge in [0.25, 0.3) is 0 Å². The molecule has 1 amide bonds. The number of fused-ring (bicyclic) bond motifs is 1. The Hall–Kier alpha value is -3.11. The minimum atomic E-state index is -4.61. The number of aromatic nitrogens is 4. The summed E-state index contributed by atoms with van der Waals surface area (Å²) in [5.74, 6) is -0.533. The summed E-state index contributed by atoms with van der Waals surface area (Å²) in [6.45, 7) is 0.532. The first-order valence-electron chi connectivity index (χ1n) is 9.31. The van der Waals surface area contributed by atoms with Gasteiger partial charge in [-0.05, 0) is 23.8 Å². The summed E-state index contributed by atoms with van der Waals surface area (Å²) in [5, 5.41) is 7.63. The summed E-state index contributed by atoms with van der Waals surface area (Å²) >= 11 is 6.75. The topological polar surface area (TPSA) is 72.7 Å². The van der Waals surface area contributed by atoms with Crippen molar-refractivity contribution >= 4 is 46.0 Å². The van der Waals surface area contributed by atoms with Gasteiger partial charge >= 0.3 is 6.18 Å². The molecule has 2 heterocycles. The maximum absolute atomic E-state index is 13.0. The van der Waals surface area contributed by atoms with E-state index in [9.17, 15) is 18.0 Å². The first kappa shape index (κ1) is 22.1. The van der Waals surface area contributed by atoms with Gasteiger partial charge in [0.1, 0.15) is 11.4 Å². The summed E-state index contributed by atoms with van der Waals surface area (Å²) in [6, 6.07) is 13.0. The quantitative estimate of drug-likeness (QED) is 0.302. The highest BCUT2D eigenvalue weighted by molar-refractivity contribution is 8.00. The molecule has 2 aromatic heterocycles. The molecule has 0 spiro atoms. The SMILES string of the molecule is O=C(CSc1ncnc2c1cnn2Cc1ccccc1)Nc1ccc(Cl)c(C(F)(F)F)c1. The van der Waals surface area contributed by atoms with Crippen LogP contribution >= 0.6 is 23.4 Å². The van der Waals surface area contributed by atoms with Gasteiger partial charge in [-0.3, -0.25) is 4.79 Å². The van der Waals surface area contributed by atoms with Crippen LogP contribution in [0.3, 0.4) is 0 Å². The summed E-state index contributed by atoms with van der Waals surface area (Å²) in [4.78, 5) is 20.8. The van der Waals surface area contributed by atoms with E-state index in [-0.39, 0.29) is 11.4 Å². The Balaban J connectivity index is 1.45. The maximum atomic E-state index is 13.0. The molecule has 0 bridgehead atoms. The Morgan fingerprint density at radius 2 is 1.91 bits per heavy atom. The number of halogens is 4. The summed E-state index contributed by atoms with van der Waals surface area (Å²) in [7, 11) is 0. The fourth-order valence-corrected chi connectivity index (χ4v) is 4.00. The van der Waals surface area contributed by atoms with Crippen molar-refractivity contribution in [2.75, 3.05) is 11.1 Å². The molecule has 1 N–H and O–H groups in total. The average Bonchev–Trinajstić information content (AvgIpc) is 3.17. The minimum Gasteiger partial charge on any atom is -0.325 e. The van der Waals surface area contributed by atoms with Crippen LogP contribution in [0.5, 0.6) is 0 Å². The van der Waals surface area contributed by atoms with Gasteiger partial charge in [-0.2, -0.15) is 18.3 Å². The van der Waals surface area contributed by atoms with Crippen LogP contribution in [0.2, 0.25) is 5.02 Å². The van der Waals surface area contributed by atoms with Crippen LogP contribution in [0.25, 0.3) is 11.0 Å². The van der Waals surface area contributed by atoms with Gasteiger partial charge in [0.05, 0.1) is 34.5 Å². The second kappa shape index (κ2) is 9.17. The van der Waals surface area contributed by atoms with Gasteiger partial charge in [0, 0.05) is 5.69 Å². The number of carbonyl (C=O) groups is 1. The van der Waals surface area contributed by atoms with Crippen molar-refractivity contribution in [1.29, 1.82) is 0 Å². The average molecular weight is 478 g/mol. The number of amides is 1. The second-order valence-corrected chi connectivity index (χ2v) is 8.10. The Kier molecular flexibility index (Phi) is 6.33. The summed E-state index contributed by atoms with van der Waals surface area (Å²) in [6.07, 6.45) is -1.59. The molecule has 0 unspecified atom stereocenters. The summed E-state index contributed by atoms with van der Waals surface area (Å²) in [5.41, 5.74) is 0.689. The van der Waals surface area contributed by atoms with E-state index >= 15 is 0 Å². The number of nitrogens with one attached hydrogen (secondary N) is 1. The van der Waals surface area contributed by atoms with Crippen LogP contribution in [-0.2, 0) is 17.5 Å². The lowest BCUT2D eigenvalue weighted by atomic mass is 10.2. The number of rotatable bonds is 6. The van der Waals surface area contributed by atoms with E-state index in [4.69, 9.17) is 11.6 Å². The zero-order chi connectivity index (χ0) is 22.7. The number of benzene rings is 2. The zero-order valence-corrected chi connectivity index (χ0v) is 17.9. The lowest BCUT2D eigenvalue weighted by Gasteiger charge is -2.11. The molecule has 0 atom stereocenters. The molecular weight excluding hydrogens is 463 g/mol. The summed E-state index contributed by atoms with van der Waals surface area (Å²) < 4.78 is 40.7. The smallest absolute Gasteiger partial charge is 0.325 e. The van der Waals surface area contributed by atoms with Crippen LogP contribution in [-0.4, -0.2) is 31.4 Å². The number of carbonyl (C=O) groups excluding carboxylic acids is 1. The Labute approximate surface area is 189 Å². The molecule has 4 rings (SSSR count). The van der Waals surface area contributed by atoms with Gasteiger partial charge in [0.2, 0.25) is 5.91 Å². The lowest BCUT2D eigenvalue weighted by molar-refractivity contribution is -0.137.